The Bertz CT molecular complexity index is 611. The van der Waals surface area contributed by atoms with Crippen molar-refractivity contribution in [3.63, 3.8) is 0 Å². The number of hydrogen-bond donors (Lipinski definition) is 1. The summed E-state index contributed by atoms with van der Waals surface area (Å²) in [5.74, 6) is 1.82. The van der Waals surface area contributed by atoms with Gasteiger partial charge in [-0.3, -0.25) is 4.79 Å². The van der Waals surface area contributed by atoms with Gasteiger partial charge in [-0.2, -0.15) is 0 Å². The van der Waals surface area contributed by atoms with Crippen molar-refractivity contribution in [2.24, 2.45) is 28.6 Å². The molecule has 4 saturated carbocycles. The Labute approximate surface area is 133 Å². The first kappa shape index (κ1) is 15.1. The first-order chi connectivity index (χ1) is 10.2. The average Bonchev–Trinajstić information content (AvgIpc) is 3.10. The highest BCUT2D eigenvalue weighted by Gasteiger charge is 2.65. The molecule has 124 valence electrons. The Kier molecular flexibility index (Phi) is 3.14. The lowest BCUT2D eigenvalue weighted by atomic mass is 9.70. The molecule has 4 bridgehead atoms. The fourth-order valence-electron chi connectivity index (χ4n) is 6.09. The number of carbonyl (C=O) groups excluding carboxylic acids is 1. The topological polar surface area (TPSA) is 63.2 Å². The summed E-state index contributed by atoms with van der Waals surface area (Å²) in [5, 5.41) is 0. The molecular weight excluding hydrogens is 298 g/mol. The van der Waals surface area contributed by atoms with Crippen LogP contribution in [0.2, 0.25) is 0 Å². The number of sulfonamides is 1. The molecule has 5 atom stereocenters. The lowest BCUT2D eigenvalue weighted by molar-refractivity contribution is -0.128. The third-order valence-corrected chi connectivity index (χ3v) is 9.18. The van der Waals surface area contributed by atoms with Gasteiger partial charge in [0.25, 0.3) is 0 Å². The Morgan fingerprint density at radius 1 is 1.18 bits per heavy atom. The number of carbonyl (C=O) groups is 1. The third-order valence-electron chi connectivity index (χ3n) is 7.64. The van der Waals surface area contributed by atoms with Crippen LogP contribution in [0.15, 0.2) is 0 Å². The van der Waals surface area contributed by atoms with Gasteiger partial charge in [0.1, 0.15) is 5.78 Å². The molecule has 4 rings (SSSR count). The molecule has 4 aliphatic carbocycles. The van der Waals surface area contributed by atoms with E-state index in [1.807, 2.05) is 0 Å². The summed E-state index contributed by atoms with van der Waals surface area (Å²) in [6.45, 7) is 4.20. The summed E-state index contributed by atoms with van der Waals surface area (Å²) >= 11 is 0. The van der Waals surface area contributed by atoms with Crippen LogP contribution in [-0.2, 0) is 14.8 Å². The maximum Gasteiger partial charge on any atom is 0.212 e. The molecule has 4 nitrogen and oxygen atoms in total. The molecule has 0 aromatic heterocycles. The molecule has 3 unspecified atom stereocenters. The van der Waals surface area contributed by atoms with Crippen LogP contribution in [0.4, 0.5) is 0 Å². The van der Waals surface area contributed by atoms with Crippen LogP contribution in [0.3, 0.4) is 0 Å². The lowest BCUT2D eigenvalue weighted by Gasteiger charge is -2.36. The van der Waals surface area contributed by atoms with E-state index < -0.39 is 15.4 Å². The maximum atomic E-state index is 12.8. The SMILES string of the molecule is CC1(C)[C@H]2CC[C@]1(CS(=O)(=O)NC1CC3CCC1C3)C(=O)C2. The number of rotatable bonds is 4. The predicted octanol–water partition coefficient (Wildman–Crippen LogP) is 2.49. The standard InChI is InChI=1S/C17H27NO3S/c1-16(2)13-5-6-17(16,15(19)9-13)10-22(20,21)18-14-8-11-3-4-12(14)7-11/h11-14,18H,3-10H2,1-2H3/t11?,12?,13-,14?,17-/m0/s1. The number of fused-ring (bicyclic) bond motifs is 4. The van der Waals surface area contributed by atoms with Gasteiger partial charge in [0.2, 0.25) is 10.0 Å². The van der Waals surface area contributed by atoms with Crippen LogP contribution in [0, 0.1) is 28.6 Å². The second-order valence-electron chi connectivity index (χ2n) is 8.82. The normalized spacial score (nSPS) is 45.8. The van der Waals surface area contributed by atoms with Crippen LogP contribution in [0.1, 0.15) is 58.8 Å². The molecule has 4 aliphatic rings. The van der Waals surface area contributed by atoms with Crippen molar-refractivity contribution in [2.45, 2.75) is 64.8 Å². The summed E-state index contributed by atoms with van der Waals surface area (Å²) in [5.41, 5.74) is -0.811. The molecule has 4 fully saturated rings. The van der Waals surface area contributed by atoms with Gasteiger partial charge in [-0.05, 0) is 55.3 Å². The van der Waals surface area contributed by atoms with Crippen molar-refractivity contribution in [3.05, 3.63) is 0 Å². The molecule has 0 radical (unpaired) electrons. The van der Waals surface area contributed by atoms with Crippen molar-refractivity contribution in [2.75, 3.05) is 5.75 Å². The quantitative estimate of drug-likeness (QED) is 0.864. The molecule has 0 aliphatic heterocycles. The van der Waals surface area contributed by atoms with Crippen molar-refractivity contribution in [1.82, 2.24) is 4.72 Å². The fourth-order valence-corrected chi connectivity index (χ4v) is 8.25. The Morgan fingerprint density at radius 3 is 2.45 bits per heavy atom. The zero-order chi connectivity index (χ0) is 15.8. The molecule has 0 aromatic carbocycles. The van der Waals surface area contributed by atoms with Crippen LogP contribution in [-0.4, -0.2) is 26.0 Å². The number of ketones is 1. The van der Waals surface area contributed by atoms with E-state index in [0.29, 0.717) is 18.3 Å². The molecule has 0 spiro atoms. The minimum absolute atomic E-state index is 0.0101. The minimum Gasteiger partial charge on any atom is -0.299 e. The summed E-state index contributed by atoms with van der Waals surface area (Å²) in [6.07, 6.45) is 6.94. The Hall–Kier alpha value is -0.420. The van der Waals surface area contributed by atoms with E-state index >= 15 is 0 Å². The summed E-state index contributed by atoms with van der Waals surface area (Å²) in [7, 11) is -3.39. The number of Topliss-reactive ketones (excluding diaryl/α,β-unsaturated/α-hetero) is 1. The highest BCUT2D eigenvalue weighted by atomic mass is 32.2. The van der Waals surface area contributed by atoms with E-state index in [4.69, 9.17) is 0 Å². The molecule has 0 heterocycles. The molecule has 5 heteroatoms. The van der Waals surface area contributed by atoms with Crippen molar-refractivity contribution < 1.29 is 13.2 Å². The van der Waals surface area contributed by atoms with E-state index in [2.05, 4.69) is 18.6 Å². The first-order valence-electron chi connectivity index (χ1n) is 8.77. The van der Waals surface area contributed by atoms with E-state index in [0.717, 1.165) is 31.6 Å². The van der Waals surface area contributed by atoms with E-state index in [1.54, 1.807) is 0 Å². The first-order valence-corrected chi connectivity index (χ1v) is 10.4. The van der Waals surface area contributed by atoms with E-state index in [1.165, 1.54) is 12.8 Å². The second kappa shape index (κ2) is 4.56. The monoisotopic (exact) mass is 325 g/mol. The predicted molar refractivity (Wildman–Crippen MR) is 84.7 cm³/mol. The minimum atomic E-state index is -3.39. The highest BCUT2D eigenvalue weighted by molar-refractivity contribution is 7.89. The second-order valence-corrected chi connectivity index (χ2v) is 10.6. The van der Waals surface area contributed by atoms with Crippen LogP contribution >= 0.6 is 0 Å². The molecule has 1 N–H and O–H groups in total. The van der Waals surface area contributed by atoms with Crippen LogP contribution in [0.25, 0.3) is 0 Å². The number of hydrogen-bond acceptors (Lipinski definition) is 3. The largest absolute Gasteiger partial charge is 0.299 e. The highest BCUT2D eigenvalue weighted by Crippen LogP contribution is 2.64. The zero-order valence-electron chi connectivity index (χ0n) is 13.6. The van der Waals surface area contributed by atoms with Gasteiger partial charge in [-0.1, -0.05) is 20.3 Å². The van der Waals surface area contributed by atoms with Crippen LogP contribution < -0.4 is 4.72 Å². The molecule has 0 amide bonds. The van der Waals surface area contributed by atoms with Gasteiger partial charge in [-0.25, -0.2) is 13.1 Å². The van der Waals surface area contributed by atoms with Gasteiger partial charge in [-0.15, -0.1) is 0 Å². The molecule has 22 heavy (non-hydrogen) atoms. The maximum absolute atomic E-state index is 12.8. The molecule has 0 aromatic rings. The Balaban J connectivity index is 1.53. The van der Waals surface area contributed by atoms with E-state index in [9.17, 15) is 13.2 Å². The van der Waals surface area contributed by atoms with Crippen molar-refractivity contribution >= 4 is 15.8 Å². The fraction of sp³-hybridized carbons (Fsp3) is 0.941. The average molecular weight is 325 g/mol. The van der Waals surface area contributed by atoms with E-state index in [-0.39, 0.29) is 23.0 Å². The van der Waals surface area contributed by atoms with Gasteiger partial charge < -0.3 is 0 Å². The van der Waals surface area contributed by atoms with Gasteiger partial charge in [0.05, 0.1) is 5.75 Å². The molecular formula is C17H27NO3S. The van der Waals surface area contributed by atoms with Gasteiger partial charge in [0, 0.05) is 17.9 Å². The smallest absolute Gasteiger partial charge is 0.212 e. The lowest BCUT2D eigenvalue weighted by Crippen LogP contribution is -2.48. The summed E-state index contributed by atoms with van der Waals surface area (Å²) in [4.78, 5) is 12.5. The van der Waals surface area contributed by atoms with Crippen molar-refractivity contribution in [3.8, 4) is 0 Å². The Morgan fingerprint density at radius 2 is 1.95 bits per heavy atom. The van der Waals surface area contributed by atoms with Crippen molar-refractivity contribution in [1.29, 1.82) is 0 Å². The van der Waals surface area contributed by atoms with Gasteiger partial charge in [0.15, 0.2) is 0 Å². The number of nitrogens with one attached hydrogen (secondary N) is 1. The molecule has 0 saturated heterocycles. The third kappa shape index (κ3) is 1.97. The summed E-state index contributed by atoms with van der Waals surface area (Å²) in [6, 6.07) is 0.122. The van der Waals surface area contributed by atoms with Gasteiger partial charge >= 0.3 is 0 Å². The zero-order valence-corrected chi connectivity index (χ0v) is 14.4. The summed E-state index contributed by atoms with van der Waals surface area (Å²) < 4.78 is 28.5. The van der Waals surface area contributed by atoms with Crippen LogP contribution in [0.5, 0.6) is 0 Å².